The van der Waals surface area contributed by atoms with Gasteiger partial charge in [-0.15, -0.1) is 0 Å². The zero-order chi connectivity index (χ0) is 25.7. The molecule has 0 fully saturated rings. The Hall–Kier alpha value is -5.38. The molecule has 178 valence electrons. The lowest BCUT2D eigenvalue weighted by molar-refractivity contribution is -0.385. The molecule has 4 aromatic carbocycles. The summed E-state index contributed by atoms with van der Waals surface area (Å²) in [7, 11) is 0. The zero-order valence-electron chi connectivity index (χ0n) is 18.4. The number of benzene rings is 4. The van der Waals surface area contributed by atoms with Crippen LogP contribution in [0.3, 0.4) is 0 Å². The van der Waals surface area contributed by atoms with Gasteiger partial charge in [-0.1, -0.05) is 48.5 Å². The van der Waals surface area contributed by atoms with Crippen molar-refractivity contribution in [2.75, 3.05) is 0 Å². The maximum Gasteiger partial charge on any atom is 0.343 e. The number of para-hydroxylation sites is 2. The minimum Gasteiger partial charge on any atom is -0.422 e. The molecule has 4 aromatic rings. The second-order valence-electron chi connectivity index (χ2n) is 7.39. The lowest BCUT2D eigenvalue weighted by Gasteiger charge is -2.14. The van der Waals surface area contributed by atoms with Crippen molar-refractivity contribution in [2.24, 2.45) is 0 Å². The molecule has 0 N–H and O–H groups in total. The first-order valence-electron chi connectivity index (χ1n) is 10.4. The van der Waals surface area contributed by atoms with E-state index in [0.29, 0.717) is 11.1 Å². The smallest absolute Gasteiger partial charge is 0.343 e. The highest BCUT2D eigenvalue weighted by Gasteiger charge is 2.19. The number of rotatable bonds is 7. The molecule has 0 amide bonds. The van der Waals surface area contributed by atoms with Gasteiger partial charge in [0, 0.05) is 35.4 Å². The summed E-state index contributed by atoms with van der Waals surface area (Å²) < 4.78 is 11.1. The number of non-ortho nitro benzene ring substituents is 2. The van der Waals surface area contributed by atoms with E-state index in [9.17, 15) is 29.8 Å². The number of hydrogen-bond acceptors (Lipinski definition) is 8. The Morgan fingerprint density at radius 1 is 0.556 bits per heavy atom. The van der Waals surface area contributed by atoms with Gasteiger partial charge in [0.2, 0.25) is 0 Å². The van der Waals surface area contributed by atoms with Crippen LogP contribution in [0.4, 0.5) is 11.4 Å². The predicted octanol–water partition coefficient (Wildman–Crippen LogP) is 5.61. The number of carbonyl (C=O) groups excluding carboxylic acids is 2. The molecule has 0 aliphatic heterocycles. The van der Waals surface area contributed by atoms with Crippen LogP contribution < -0.4 is 9.47 Å². The molecule has 0 aliphatic rings. The summed E-state index contributed by atoms with van der Waals surface area (Å²) in [6.07, 6.45) is 0. The maximum atomic E-state index is 12.7. The molecule has 0 radical (unpaired) electrons. The van der Waals surface area contributed by atoms with Crippen molar-refractivity contribution in [3.63, 3.8) is 0 Å². The first-order chi connectivity index (χ1) is 17.3. The largest absolute Gasteiger partial charge is 0.422 e. The number of esters is 2. The van der Waals surface area contributed by atoms with E-state index in [4.69, 9.17) is 9.47 Å². The van der Waals surface area contributed by atoms with E-state index in [-0.39, 0.29) is 34.0 Å². The minimum absolute atomic E-state index is 0.00983. The van der Waals surface area contributed by atoms with Crippen molar-refractivity contribution in [1.29, 1.82) is 0 Å². The van der Waals surface area contributed by atoms with Crippen LogP contribution in [0.5, 0.6) is 11.5 Å². The van der Waals surface area contributed by atoms with Gasteiger partial charge in [0.15, 0.2) is 0 Å². The fourth-order valence-corrected chi connectivity index (χ4v) is 3.37. The molecule has 0 spiro atoms. The van der Waals surface area contributed by atoms with E-state index in [2.05, 4.69) is 0 Å². The Kier molecular flexibility index (Phi) is 6.78. The van der Waals surface area contributed by atoms with Crippen molar-refractivity contribution in [1.82, 2.24) is 0 Å². The first kappa shape index (κ1) is 23.8. The van der Waals surface area contributed by atoms with Crippen molar-refractivity contribution < 1.29 is 28.9 Å². The summed E-state index contributed by atoms with van der Waals surface area (Å²) in [6.45, 7) is 0. The minimum atomic E-state index is -0.808. The Morgan fingerprint density at radius 3 is 1.33 bits per heavy atom. The van der Waals surface area contributed by atoms with Crippen LogP contribution in [0.1, 0.15) is 20.7 Å². The normalized spacial score (nSPS) is 10.3. The van der Waals surface area contributed by atoms with E-state index in [0.717, 1.165) is 12.1 Å². The molecule has 36 heavy (non-hydrogen) atoms. The van der Waals surface area contributed by atoms with Crippen LogP contribution in [0.25, 0.3) is 11.1 Å². The molecular formula is C26H16N2O8. The number of carbonyl (C=O) groups is 2. The first-order valence-corrected chi connectivity index (χ1v) is 10.4. The summed E-state index contributed by atoms with van der Waals surface area (Å²) in [5.41, 5.74) is 0.304. The number of nitro benzene ring substituents is 2. The third kappa shape index (κ3) is 5.23. The molecule has 0 atom stereocenters. The van der Waals surface area contributed by atoms with E-state index in [1.54, 1.807) is 36.4 Å². The summed E-state index contributed by atoms with van der Waals surface area (Å²) in [6, 6.07) is 23.3. The molecule has 0 saturated carbocycles. The highest BCUT2D eigenvalue weighted by Crippen LogP contribution is 2.37. The molecule has 0 bridgehead atoms. The van der Waals surface area contributed by atoms with E-state index in [1.807, 2.05) is 0 Å². The van der Waals surface area contributed by atoms with Gasteiger partial charge >= 0.3 is 11.9 Å². The van der Waals surface area contributed by atoms with Crippen LogP contribution in [-0.4, -0.2) is 21.8 Å². The number of hydrogen-bond donors (Lipinski definition) is 0. The number of ether oxygens (including phenoxy) is 2. The van der Waals surface area contributed by atoms with Gasteiger partial charge in [0.05, 0.1) is 21.0 Å². The summed E-state index contributed by atoms with van der Waals surface area (Å²) >= 11 is 0. The Morgan fingerprint density at radius 2 is 0.944 bits per heavy atom. The predicted molar refractivity (Wildman–Crippen MR) is 128 cm³/mol. The molecule has 4 rings (SSSR count). The lowest BCUT2D eigenvalue weighted by Crippen LogP contribution is -2.11. The number of nitro groups is 2. The molecule has 10 heteroatoms. The van der Waals surface area contributed by atoms with E-state index < -0.39 is 21.8 Å². The highest BCUT2D eigenvalue weighted by molar-refractivity contribution is 5.94. The highest BCUT2D eigenvalue weighted by atomic mass is 16.6. The van der Waals surface area contributed by atoms with Gasteiger partial charge in [-0.3, -0.25) is 20.2 Å². The average Bonchev–Trinajstić information content (AvgIpc) is 2.89. The maximum absolute atomic E-state index is 12.7. The van der Waals surface area contributed by atoms with Crippen LogP contribution in [-0.2, 0) is 0 Å². The van der Waals surface area contributed by atoms with Crippen molar-refractivity contribution in [3.8, 4) is 22.6 Å². The van der Waals surface area contributed by atoms with Crippen LogP contribution >= 0.6 is 0 Å². The fraction of sp³-hybridized carbons (Fsp3) is 0. The third-order valence-electron chi connectivity index (χ3n) is 5.05. The second-order valence-corrected chi connectivity index (χ2v) is 7.39. The van der Waals surface area contributed by atoms with Gasteiger partial charge in [-0.2, -0.15) is 0 Å². The topological polar surface area (TPSA) is 139 Å². The summed E-state index contributed by atoms with van der Waals surface area (Å²) in [4.78, 5) is 46.3. The molecule has 0 heterocycles. The SMILES string of the molecule is O=C(Oc1ccccc1-c1ccccc1OC(=O)c1cccc([N+](=O)[O-])c1)c1cccc([N+](=O)[O-])c1. The van der Waals surface area contributed by atoms with Crippen LogP contribution in [0.2, 0.25) is 0 Å². The summed E-state index contributed by atoms with van der Waals surface area (Å²) in [5, 5.41) is 22.1. The van der Waals surface area contributed by atoms with Crippen molar-refractivity contribution >= 4 is 23.3 Å². The second kappa shape index (κ2) is 10.3. The van der Waals surface area contributed by atoms with E-state index in [1.165, 1.54) is 48.5 Å². The Balaban J connectivity index is 1.64. The molecule has 0 aromatic heterocycles. The number of nitrogens with zero attached hydrogens (tertiary/aromatic N) is 2. The monoisotopic (exact) mass is 484 g/mol. The molecule has 0 saturated heterocycles. The van der Waals surface area contributed by atoms with Crippen molar-refractivity contribution in [2.45, 2.75) is 0 Å². The lowest BCUT2D eigenvalue weighted by atomic mass is 10.0. The van der Waals surface area contributed by atoms with Gasteiger partial charge in [0.1, 0.15) is 11.5 Å². The quantitative estimate of drug-likeness (QED) is 0.143. The average molecular weight is 484 g/mol. The van der Waals surface area contributed by atoms with Crippen molar-refractivity contribution in [3.05, 3.63) is 128 Å². The van der Waals surface area contributed by atoms with Gasteiger partial charge in [-0.05, 0) is 24.3 Å². The zero-order valence-corrected chi connectivity index (χ0v) is 18.4. The molecule has 0 aliphatic carbocycles. The summed E-state index contributed by atoms with van der Waals surface area (Å²) in [5.74, 6) is -1.35. The van der Waals surface area contributed by atoms with Crippen LogP contribution in [0, 0.1) is 20.2 Å². The fourth-order valence-electron chi connectivity index (χ4n) is 3.37. The Bertz CT molecular complexity index is 1390. The molecule has 0 unspecified atom stereocenters. The van der Waals surface area contributed by atoms with Gasteiger partial charge in [-0.25, -0.2) is 9.59 Å². The Labute approximate surface area is 203 Å². The standard InChI is InChI=1S/C26H16N2O8/c29-25(17-7-5-9-19(15-17)27(31)32)35-23-13-3-1-11-21(23)22-12-2-4-14-24(22)36-26(30)18-8-6-10-20(16-18)28(33)34/h1-16H. The van der Waals surface area contributed by atoms with Gasteiger partial charge < -0.3 is 9.47 Å². The van der Waals surface area contributed by atoms with Crippen LogP contribution in [0.15, 0.2) is 97.1 Å². The molecular weight excluding hydrogens is 468 g/mol. The van der Waals surface area contributed by atoms with Gasteiger partial charge in [0.25, 0.3) is 11.4 Å². The third-order valence-corrected chi connectivity index (χ3v) is 5.05. The molecule has 10 nitrogen and oxygen atoms in total. The van der Waals surface area contributed by atoms with E-state index >= 15 is 0 Å².